The van der Waals surface area contributed by atoms with E-state index in [2.05, 4.69) is 5.32 Å². The van der Waals surface area contributed by atoms with Gasteiger partial charge in [0.1, 0.15) is 6.04 Å². The largest absolute Gasteiger partial charge is 0.480 e. The molecule has 1 unspecified atom stereocenters. The first-order valence-corrected chi connectivity index (χ1v) is 6.94. The molecule has 6 nitrogen and oxygen atoms in total. The van der Waals surface area contributed by atoms with Crippen LogP contribution in [0.15, 0.2) is 24.3 Å². The number of nitrogens with one attached hydrogen (secondary N) is 1. The number of hydrogen-bond donors (Lipinski definition) is 2. The lowest BCUT2D eigenvalue weighted by Gasteiger charge is -2.25. The highest BCUT2D eigenvalue weighted by atomic mass is 16.5. The van der Waals surface area contributed by atoms with E-state index in [0.29, 0.717) is 25.1 Å². The van der Waals surface area contributed by atoms with Crippen molar-refractivity contribution < 1.29 is 19.4 Å². The van der Waals surface area contributed by atoms with Crippen LogP contribution in [0.3, 0.4) is 0 Å². The van der Waals surface area contributed by atoms with Crippen molar-refractivity contribution in [2.75, 3.05) is 18.6 Å². The van der Waals surface area contributed by atoms with Crippen molar-refractivity contribution in [1.29, 1.82) is 0 Å². The van der Waals surface area contributed by atoms with Crippen molar-refractivity contribution in [3.8, 4) is 0 Å². The number of fused-ring (bicyclic) bond motifs is 1. The summed E-state index contributed by atoms with van der Waals surface area (Å²) in [7, 11) is 1.60. The fourth-order valence-corrected chi connectivity index (χ4v) is 2.48. The normalized spacial score (nSPS) is 18.2. The van der Waals surface area contributed by atoms with Crippen LogP contribution in [0, 0.1) is 0 Å². The number of hydrogen-bond acceptors (Lipinski definition) is 3. The molecule has 2 N–H and O–H groups in total. The van der Waals surface area contributed by atoms with Gasteiger partial charge < -0.3 is 15.2 Å². The molecule has 0 fully saturated rings. The van der Waals surface area contributed by atoms with Crippen molar-refractivity contribution in [1.82, 2.24) is 5.32 Å². The van der Waals surface area contributed by atoms with Gasteiger partial charge in [0, 0.05) is 31.9 Å². The Kier molecular flexibility index (Phi) is 4.80. The van der Waals surface area contributed by atoms with Gasteiger partial charge in [0.25, 0.3) is 0 Å². The molecule has 0 radical (unpaired) electrons. The molecule has 21 heavy (non-hydrogen) atoms. The summed E-state index contributed by atoms with van der Waals surface area (Å²) >= 11 is 0. The molecule has 0 aliphatic carbocycles. The number of ether oxygens (including phenoxy) is 1. The Morgan fingerprint density at radius 2 is 2.19 bits per heavy atom. The molecule has 2 rings (SSSR count). The number of nitrogens with zero attached hydrogens (tertiary/aromatic N) is 1. The van der Waals surface area contributed by atoms with Gasteiger partial charge in [-0.3, -0.25) is 4.90 Å². The van der Waals surface area contributed by atoms with Gasteiger partial charge in [0.05, 0.1) is 0 Å². The molecule has 0 saturated carbocycles. The topological polar surface area (TPSA) is 78.9 Å². The van der Waals surface area contributed by atoms with E-state index in [1.165, 1.54) is 4.90 Å². The van der Waals surface area contributed by atoms with Gasteiger partial charge in [0.2, 0.25) is 0 Å². The minimum Gasteiger partial charge on any atom is -0.480 e. The Labute approximate surface area is 123 Å². The summed E-state index contributed by atoms with van der Waals surface area (Å²) in [5.74, 6) is -0.995. The quantitative estimate of drug-likeness (QED) is 0.864. The highest BCUT2D eigenvalue weighted by molar-refractivity contribution is 6.01. The van der Waals surface area contributed by atoms with Gasteiger partial charge >= 0.3 is 12.0 Å². The lowest BCUT2D eigenvalue weighted by Crippen LogP contribution is -2.50. The first kappa shape index (κ1) is 15.3. The number of carboxylic acid groups (broad SMARTS) is 1. The highest BCUT2D eigenvalue weighted by Crippen LogP contribution is 2.32. The second-order valence-corrected chi connectivity index (χ2v) is 5.19. The Morgan fingerprint density at radius 3 is 2.86 bits per heavy atom. The maximum atomic E-state index is 12.4. The standard InChI is InChI=1S/C15H20N2O4/c1-10(7-8-21-2)16-15(20)17-12-6-4-3-5-11(12)9-13(17)14(18)19/h3-6,10,13H,7-9H2,1-2H3,(H,16,20)(H,18,19)/t10?,13-/m0/s1. The van der Waals surface area contributed by atoms with Gasteiger partial charge in [-0.1, -0.05) is 18.2 Å². The van der Waals surface area contributed by atoms with Crippen LogP contribution in [0.5, 0.6) is 0 Å². The number of anilines is 1. The first-order valence-electron chi connectivity index (χ1n) is 6.94. The average Bonchev–Trinajstić information content (AvgIpc) is 2.84. The van der Waals surface area contributed by atoms with Gasteiger partial charge in [-0.2, -0.15) is 0 Å². The Bertz CT molecular complexity index is 532. The van der Waals surface area contributed by atoms with Crippen LogP contribution in [0.25, 0.3) is 0 Å². The summed E-state index contributed by atoms with van der Waals surface area (Å²) in [6.45, 7) is 2.41. The molecule has 2 amide bonds. The second-order valence-electron chi connectivity index (χ2n) is 5.19. The third-order valence-corrected chi connectivity index (χ3v) is 3.60. The fraction of sp³-hybridized carbons (Fsp3) is 0.467. The third-order valence-electron chi connectivity index (χ3n) is 3.60. The number of para-hydroxylation sites is 1. The van der Waals surface area contributed by atoms with Crippen molar-refractivity contribution in [3.63, 3.8) is 0 Å². The number of urea groups is 1. The van der Waals surface area contributed by atoms with E-state index in [0.717, 1.165) is 5.56 Å². The van der Waals surface area contributed by atoms with Crippen LogP contribution in [0.2, 0.25) is 0 Å². The molecule has 0 saturated heterocycles. The molecule has 1 heterocycles. The maximum absolute atomic E-state index is 12.4. The van der Waals surface area contributed by atoms with Gasteiger partial charge in [-0.15, -0.1) is 0 Å². The maximum Gasteiger partial charge on any atom is 0.327 e. The molecule has 1 aromatic rings. The van der Waals surface area contributed by atoms with E-state index >= 15 is 0 Å². The monoisotopic (exact) mass is 292 g/mol. The number of rotatable bonds is 5. The fourth-order valence-electron chi connectivity index (χ4n) is 2.48. The summed E-state index contributed by atoms with van der Waals surface area (Å²) in [6.07, 6.45) is 1.01. The molecule has 0 spiro atoms. The Hall–Kier alpha value is -2.08. The van der Waals surface area contributed by atoms with E-state index < -0.39 is 12.0 Å². The van der Waals surface area contributed by atoms with Crippen molar-refractivity contribution in [2.45, 2.75) is 31.8 Å². The number of carbonyl (C=O) groups is 2. The van der Waals surface area contributed by atoms with Gasteiger partial charge in [0.15, 0.2) is 0 Å². The zero-order valence-electron chi connectivity index (χ0n) is 12.2. The first-order chi connectivity index (χ1) is 10.0. The predicted octanol–water partition coefficient (Wildman–Crippen LogP) is 1.64. The molecule has 2 atom stereocenters. The van der Waals surface area contributed by atoms with Crippen molar-refractivity contribution in [3.05, 3.63) is 29.8 Å². The minimum atomic E-state index is -0.995. The molecule has 114 valence electrons. The summed E-state index contributed by atoms with van der Waals surface area (Å²) in [4.78, 5) is 25.1. The van der Waals surface area contributed by atoms with E-state index in [1.54, 1.807) is 19.2 Å². The molecule has 1 aliphatic heterocycles. The number of amides is 2. The average molecular weight is 292 g/mol. The number of benzene rings is 1. The van der Waals surface area contributed by atoms with E-state index in [-0.39, 0.29) is 12.1 Å². The third kappa shape index (κ3) is 3.33. The number of carboxylic acids is 1. The number of methoxy groups -OCH3 is 1. The van der Waals surface area contributed by atoms with E-state index in [4.69, 9.17) is 4.74 Å². The number of aliphatic carboxylic acids is 1. The molecular weight excluding hydrogens is 272 g/mol. The van der Waals surface area contributed by atoms with E-state index in [1.807, 2.05) is 19.1 Å². The van der Waals surface area contributed by atoms with Crippen LogP contribution < -0.4 is 10.2 Å². The summed E-state index contributed by atoms with van der Waals surface area (Å²) in [6, 6.07) is 5.97. The zero-order valence-corrected chi connectivity index (χ0v) is 12.2. The molecule has 0 aromatic heterocycles. The van der Waals surface area contributed by atoms with Crippen LogP contribution in [-0.2, 0) is 16.0 Å². The summed E-state index contributed by atoms with van der Waals surface area (Å²) in [5, 5.41) is 12.2. The van der Waals surface area contributed by atoms with Crippen molar-refractivity contribution >= 4 is 17.7 Å². The molecule has 6 heteroatoms. The van der Waals surface area contributed by atoms with Crippen LogP contribution >= 0.6 is 0 Å². The lowest BCUT2D eigenvalue weighted by molar-refractivity contribution is -0.138. The smallest absolute Gasteiger partial charge is 0.327 e. The van der Waals surface area contributed by atoms with Gasteiger partial charge in [-0.05, 0) is 25.0 Å². The highest BCUT2D eigenvalue weighted by Gasteiger charge is 2.38. The molecule has 1 aliphatic rings. The summed E-state index contributed by atoms with van der Waals surface area (Å²) < 4.78 is 4.98. The van der Waals surface area contributed by atoms with Gasteiger partial charge in [-0.25, -0.2) is 9.59 Å². The molecular formula is C15H20N2O4. The lowest BCUT2D eigenvalue weighted by atomic mass is 10.1. The Morgan fingerprint density at radius 1 is 1.48 bits per heavy atom. The SMILES string of the molecule is COCCC(C)NC(=O)N1c2ccccc2C[C@H]1C(=O)O. The van der Waals surface area contributed by atoms with E-state index in [9.17, 15) is 14.7 Å². The van der Waals surface area contributed by atoms with Crippen molar-refractivity contribution in [2.24, 2.45) is 0 Å². The van der Waals surface area contributed by atoms with Crippen LogP contribution in [-0.4, -0.2) is 42.9 Å². The van der Waals surface area contributed by atoms with Crippen LogP contribution in [0.1, 0.15) is 18.9 Å². The number of carbonyl (C=O) groups excluding carboxylic acids is 1. The minimum absolute atomic E-state index is 0.0837. The molecule has 1 aromatic carbocycles. The second kappa shape index (κ2) is 6.58. The van der Waals surface area contributed by atoms with Crippen LogP contribution in [0.4, 0.5) is 10.5 Å². The predicted molar refractivity (Wildman–Crippen MR) is 78.5 cm³/mol. The zero-order chi connectivity index (χ0) is 15.4. The molecule has 0 bridgehead atoms. The summed E-state index contributed by atoms with van der Waals surface area (Å²) in [5.41, 5.74) is 1.55. The Balaban J connectivity index is 2.15.